The first kappa shape index (κ1) is 16.2. The van der Waals surface area contributed by atoms with Gasteiger partial charge in [0.1, 0.15) is 0 Å². The van der Waals surface area contributed by atoms with Gasteiger partial charge in [-0.05, 0) is 41.5 Å². The van der Waals surface area contributed by atoms with Crippen molar-refractivity contribution in [3.8, 4) is 0 Å². The summed E-state index contributed by atoms with van der Waals surface area (Å²) in [4.78, 5) is 15.9. The van der Waals surface area contributed by atoms with Gasteiger partial charge in [0, 0.05) is 38.3 Å². The molecule has 0 aromatic heterocycles. The molecule has 0 fully saturated rings. The average molecular weight is 243 g/mol. The summed E-state index contributed by atoms with van der Waals surface area (Å²) in [5, 5.41) is 2.97. The summed E-state index contributed by atoms with van der Waals surface area (Å²) in [6, 6.07) is 1.07. The zero-order valence-electron chi connectivity index (χ0n) is 12.3. The van der Waals surface area contributed by atoms with E-state index in [0.29, 0.717) is 18.6 Å². The Labute approximate surface area is 106 Å². The highest BCUT2D eigenvalue weighted by molar-refractivity contribution is 5.74. The zero-order valence-corrected chi connectivity index (χ0v) is 12.3. The van der Waals surface area contributed by atoms with Crippen LogP contribution in [-0.2, 0) is 0 Å². The minimum absolute atomic E-state index is 0.0439. The van der Waals surface area contributed by atoms with Crippen LogP contribution in [-0.4, -0.2) is 54.1 Å². The van der Waals surface area contributed by atoms with Gasteiger partial charge >= 0.3 is 6.03 Å². The monoisotopic (exact) mass is 243 g/mol. The third-order valence-electron chi connectivity index (χ3n) is 3.02. The van der Waals surface area contributed by atoms with Gasteiger partial charge in [-0.25, -0.2) is 4.79 Å². The van der Waals surface area contributed by atoms with Gasteiger partial charge in [0.15, 0.2) is 0 Å². The molecule has 0 heterocycles. The molecule has 0 aliphatic heterocycles. The van der Waals surface area contributed by atoms with E-state index in [-0.39, 0.29) is 6.03 Å². The molecule has 0 atom stereocenters. The minimum atomic E-state index is 0.0439. The second kappa shape index (κ2) is 8.34. The number of amides is 2. The van der Waals surface area contributed by atoms with Crippen LogP contribution in [0.15, 0.2) is 0 Å². The molecule has 0 saturated carbocycles. The van der Waals surface area contributed by atoms with Crippen molar-refractivity contribution in [1.82, 2.24) is 15.1 Å². The molecule has 0 radical (unpaired) electrons. The number of carbonyl (C=O) groups is 1. The summed E-state index contributed by atoms with van der Waals surface area (Å²) in [5.74, 6) is 0. The Bertz CT molecular complexity index is 205. The standard InChI is InChI=1S/C13H29N3O/c1-7-15(8-2)13(17)14-9-10-16(11(3)4)12(5)6/h11-12H,7-10H2,1-6H3,(H,14,17). The van der Waals surface area contributed by atoms with Crippen molar-refractivity contribution >= 4 is 6.03 Å². The second-order valence-corrected chi connectivity index (χ2v) is 4.83. The number of nitrogens with one attached hydrogen (secondary N) is 1. The molecule has 0 saturated heterocycles. The molecule has 0 aliphatic carbocycles. The first-order valence-corrected chi connectivity index (χ1v) is 6.72. The first-order chi connectivity index (χ1) is 7.93. The van der Waals surface area contributed by atoms with E-state index in [1.54, 1.807) is 4.90 Å². The molecule has 0 rings (SSSR count). The van der Waals surface area contributed by atoms with Gasteiger partial charge in [-0.1, -0.05) is 0 Å². The van der Waals surface area contributed by atoms with E-state index < -0.39 is 0 Å². The lowest BCUT2D eigenvalue weighted by Crippen LogP contribution is -2.45. The Morgan fingerprint density at radius 1 is 1.06 bits per heavy atom. The van der Waals surface area contributed by atoms with Gasteiger partial charge in [-0.2, -0.15) is 0 Å². The summed E-state index contributed by atoms with van der Waals surface area (Å²) >= 11 is 0. The Hall–Kier alpha value is -0.770. The lowest BCUT2D eigenvalue weighted by Gasteiger charge is -2.30. The summed E-state index contributed by atoms with van der Waals surface area (Å²) in [6.07, 6.45) is 0. The molecule has 102 valence electrons. The van der Waals surface area contributed by atoms with Crippen LogP contribution in [0.3, 0.4) is 0 Å². The molecule has 0 aliphatic rings. The molecule has 4 heteroatoms. The smallest absolute Gasteiger partial charge is 0.317 e. The predicted octanol–water partition coefficient (Wildman–Crippen LogP) is 2.16. The van der Waals surface area contributed by atoms with Gasteiger partial charge < -0.3 is 10.2 Å². The van der Waals surface area contributed by atoms with Crippen LogP contribution in [0.5, 0.6) is 0 Å². The van der Waals surface area contributed by atoms with Gasteiger partial charge in [0.25, 0.3) is 0 Å². The molecule has 0 unspecified atom stereocenters. The minimum Gasteiger partial charge on any atom is -0.337 e. The molecule has 17 heavy (non-hydrogen) atoms. The Balaban J connectivity index is 4.00. The molecule has 0 aromatic rings. The van der Waals surface area contributed by atoms with Crippen LogP contribution < -0.4 is 5.32 Å². The Morgan fingerprint density at radius 3 is 1.88 bits per heavy atom. The average Bonchev–Trinajstić information content (AvgIpc) is 2.24. The number of carbonyl (C=O) groups excluding carboxylic acids is 1. The van der Waals surface area contributed by atoms with Crippen LogP contribution in [0.4, 0.5) is 4.79 Å². The molecule has 0 aromatic carbocycles. The number of nitrogens with zero attached hydrogens (tertiary/aromatic N) is 2. The van der Waals surface area contributed by atoms with E-state index in [1.165, 1.54) is 0 Å². The normalized spacial score (nSPS) is 11.4. The van der Waals surface area contributed by atoms with Crippen molar-refractivity contribution in [2.75, 3.05) is 26.2 Å². The number of urea groups is 1. The van der Waals surface area contributed by atoms with Crippen LogP contribution in [0.25, 0.3) is 0 Å². The van der Waals surface area contributed by atoms with Crippen molar-refractivity contribution < 1.29 is 4.79 Å². The Kier molecular flexibility index (Phi) is 7.96. The molecule has 0 spiro atoms. The van der Waals surface area contributed by atoms with E-state index in [1.807, 2.05) is 13.8 Å². The second-order valence-electron chi connectivity index (χ2n) is 4.83. The van der Waals surface area contributed by atoms with Crippen LogP contribution >= 0.6 is 0 Å². The van der Waals surface area contributed by atoms with Crippen molar-refractivity contribution in [2.24, 2.45) is 0 Å². The van der Waals surface area contributed by atoms with E-state index in [0.717, 1.165) is 19.6 Å². The quantitative estimate of drug-likeness (QED) is 0.744. The maximum atomic E-state index is 11.7. The van der Waals surface area contributed by atoms with E-state index >= 15 is 0 Å². The molecule has 0 bridgehead atoms. The third kappa shape index (κ3) is 5.91. The highest BCUT2D eigenvalue weighted by Crippen LogP contribution is 2.03. The van der Waals surface area contributed by atoms with E-state index in [2.05, 4.69) is 37.9 Å². The number of hydrogen-bond donors (Lipinski definition) is 1. The van der Waals surface area contributed by atoms with Gasteiger partial charge in [-0.3, -0.25) is 4.90 Å². The van der Waals surface area contributed by atoms with Crippen molar-refractivity contribution in [1.29, 1.82) is 0 Å². The van der Waals surface area contributed by atoms with E-state index in [4.69, 9.17) is 0 Å². The summed E-state index contributed by atoms with van der Waals surface area (Å²) < 4.78 is 0. The largest absolute Gasteiger partial charge is 0.337 e. The Morgan fingerprint density at radius 2 is 1.53 bits per heavy atom. The van der Waals surface area contributed by atoms with Gasteiger partial charge in [0.2, 0.25) is 0 Å². The summed E-state index contributed by atoms with van der Waals surface area (Å²) in [7, 11) is 0. The fourth-order valence-electron chi connectivity index (χ4n) is 2.03. The lowest BCUT2D eigenvalue weighted by atomic mass is 10.2. The van der Waals surface area contributed by atoms with Crippen LogP contribution in [0.1, 0.15) is 41.5 Å². The maximum Gasteiger partial charge on any atom is 0.317 e. The van der Waals surface area contributed by atoms with E-state index in [9.17, 15) is 4.79 Å². The first-order valence-electron chi connectivity index (χ1n) is 6.72. The van der Waals surface area contributed by atoms with Crippen molar-refractivity contribution in [2.45, 2.75) is 53.6 Å². The maximum absolute atomic E-state index is 11.7. The lowest BCUT2D eigenvalue weighted by molar-refractivity contribution is 0.170. The molecular weight excluding hydrogens is 214 g/mol. The fourth-order valence-corrected chi connectivity index (χ4v) is 2.03. The van der Waals surface area contributed by atoms with Gasteiger partial charge in [-0.15, -0.1) is 0 Å². The summed E-state index contributed by atoms with van der Waals surface area (Å²) in [6.45, 7) is 15.9. The molecule has 2 amide bonds. The van der Waals surface area contributed by atoms with Crippen molar-refractivity contribution in [3.63, 3.8) is 0 Å². The SMILES string of the molecule is CCN(CC)C(=O)NCCN(C(C)C)C(C)C. The number of rotatable bonds is 7. The van der Waals surface area contributed by atoms with Crippen LogP contribution in [0.2, 0.25) is 0 Å². The highest BCUT2D eigenvalue weighted by Gasteiger charge is 2.14. The fraction of sp³-hybridized carbons (Fsp3) is 0.923. The molecule has 1 N–H and O–H groups in total. The van der Waals surface area contributed by atoms with Crippen molar-refractivity contribution in [3.05, 3.63) is 0 Å². The van der Waals surface area contributed by atoms with Crippen LogP contribution in [0, 0.1) is 0 Å². The third-order valence-corrected chi connectivity index (χ3v) is 3.02. The molecule has 4 nitrogen and oxygen atoms in total. The topological polar surface area (TPSA) is 35.6 Å². The predicted molar refractivity (Wildman–Crippen MR) is 73.3 cm³/mol. The summed E-state index contributed by atoms with van der Waals surface area (Å²) in [5.41, 5.74) is 0. The van der Waals surface area contributed by atoms with Gasteiger partial charge in [0.05, 0.1) is 0 Å². The zero-order chi connectivity index (χ0) is 13.4. The highest BCUT2D eigenvalue weighted by atomic mass is 16.2. The molecular formula is C13H29N3O. The number of hydrogen-bond acceptors (Lipinski definition) is 2.